The number of rotatable bonds is 3. The summed E-state index contributed by atoms with van der Waals surface area (Å²) < 4.78 is 5.21. The molecule has 0 fully saturated rings. The monoisotopic (exact) mass is 389 g/mol. The molecule has 0 bridgehead atoms. The van der Waals surface area contributed by atoms with Crippen molar-refractivity contribution in [3.05, 3.63) is 66.4 Å². The summed E-state index contributed by atoms with van der Waals surface area (Å²) in [5.41, 5.74) is 0.747. The fourth-order valence-electron chi connectivity index (χ4n) is 3.34. The van der Waals surface area contributed by atoms with Crippen LogP contribution in [0.1, 0.15) is 24.3 Å². The molecule has 0 radical (unpaired) electrons. The average molecular weight is 389 g/mol. The number of carbonyl (C=O) groups is 3. The molecule has 0 aliphatic carbocycles. The quantitative estimate of drug-likeness (QED) is 0.695. The van der Waals surface area contributed by atoms with E-state index in [1.807, 2.05) is 18.2 Å². The fourth-order valence-corrected chi connectivity index (χ4v) is 3.34. The van der Waals surface area contributed by atoms with Crippen LogP contribution in [0.4, 0.5) is 11.4 Å². The van der Waals surface area contributed by atoms with Crippen molar-refractivity contribution in [2.24, 2.45) is 0 Å². The maximum Gasteiger partial charge on any atom is 0.357 e. The van der Waals surface area contributed by atoms with Gasteiger partial charge < -0.3 is 10.1 Å². The van der Waals surface area contributed by atoms with Crippen LogP contribution < -0.4 is 10.2 Å². The number of nitrogens with one attached hydrogen (secondary N) is 1. The number of fused-ring (bicyclic) bond motifs is 2. The van der Waals surface area contributed by atoms with Gasteiger partial charge >= 0.3 is 5.97 Å². The Morgan fingerprint density at radius 2 is 1.76 bits per heavy atom. The molecule has 2 heterocycles. The van der Waals surface area contributed by atoms with Crippen molar-refractivity contribution in [3.63, 3.8) is 0 Å². The van der Waals surface area contributed by atoms with Crippen LogP contribution in [0.15, 0.2) is 60.7 Å². The molecule has 4 rings (SSSR count). The lowest BCUT2D eigenvalue weighted by molar-refractivity contribution is -0.128. The van der Waals surface area contributed by atoms with E-state index in [1.54, 1.807) is 56.3 Å². The van der Waals surface area contributed by atoms with Crippen LogP contribution in [0.5, 0.6) is 0 Å². The van der Waals surface area contributed by atoms with Crippen molar-refractivity contribution < 1.29 is 19.1 Å². The van der Waals surface area contributed by atoms with Crippen LogP contribution in [0.25, 0.3) is 10.9 Å². The molecule has 7 nitrogen and oxygen atoms in total. The van der Waals surface area contributed by atoms with Crippen LogP contribution in [0.3, 0.4) is 0 Å². The van der Waals surface area contributed by atoms with Crippen LogP contribution in [0.2, 0.25) is 0 Å². The molecule has 2 amide bonds. The lowest BCUT2D eigenvalue weighted by Gasteiger charge is -2.41. The minimum atomic E-state index is -1.13. The second-order valence-corrected chi connectivity index (χ2v) is 7.22. The van der Waals surface area contributed by atoms with E-state index in [-0.39, 0.29) is 11.6 Å². The van der Waals surface area contributed by atoms with Crippen molar-refractivity contribution in [1.29, 1.82) is 0 Å². The second kappa shape index (κ2) is 7.01. The highest BCUT2D eigenvalue weighted by molar-refractivity contribution is 6.14. The van der Waals surface area contributed by atoms with E-state index in [4.69, 9.17) is 4.74 Å². The van der Waals surface area contributed by atoms with Gasteiger partial charge in [0.1, 0.15) is 11.2 Å². The Kier molecular flexibility index (Phi) is 4.50. The number of aromatic nitrogens is 1. The third-order valence-corrected chi connectivity index (χ3v) is 4.89. The van der Waals surface area contributed by atoms with Gasteiger partial charge in [0.15, 0.2) is 6.61 Å². The van der Waals surface area contributed by atoms with Crippen molar-refractivity contribution in [1.82, 2.24) is 4.98 Å². The molecule has 1 N–H and O–H groups in total. The molecule has 0 saturated heterocycles. The Morgan fingerprint density at radius 3 is 2.59 bits per heavy atom. The maximum atomic E-state index is 12.9. The predicted octanol–water partition coefficient (Wildman–Crippen LogP) is 3.16. The summed E-state index contributed by atoms with van der Waals surface area (Å²) in [6.07, 6.45) is 0. The van der Waals surface area contributed by atoms with Crippen molar-refractivity contribution in [2.75, 3.05) is 16.8 Å². The number of hydrogen-bond donors (Lipinski definition) is 1. The third kappa shape index (κ3) is 3.31. The van der Waals surface area contributed by atoms with E-state index in [0.29, 0.717) is 16.9 Å². The Morgan fingerprint density at radius 1 is 1.03 bits per heavy atom. The summed E-state index contributed by atoms with van der Waals surface area (Å²) in [5.74, 6) is -1.50. The molecule has 1 aliphatic heterocycles. The van der Waals surface area contributed by atoms with E-state index in [0.717, 1.165) is 5.39 Å². The number of para-hydroxylation sites is 3. The molecule has 29 heavy (non-hydrogen) atoms. The topological polar surface area (TPSA) is 88.6 Å². The largest absolute Gasteiger partial charge is 0.451 e. The maximum absolute atomic E-state index is 12.9. The van der Waals surface area contributed by atoms with E-state index in [2.05, 4.69) is 10.3 Å². The summed E-state index contributed by atoms with van der Waals surface area (Å²) >= 11 is 0. The third-order valence-electron chi connectivity index (χ3n) is 4.89. The summed E-state index contributed by atoms with van der Waals surface area (Å²) in [7, 11) is 0. The average Bonchev–Trinajstić information content (AvgIpc) is 2.72. The SMILES string of the molecule is CC1(C)C(=O)Nc2ccccc2N1C(=O)COC(=O)c1ccc2ccccc2n1. The lowest BCUT2D eigenvalue weighted by atomic mass is 9.96. The smallest absolute Gasteiger partial charge is 0.357 e. The molecule has 2 aromatic carbocycles. The Labute approximate surface area is 167 Å². The molecule has 0 saturated carbocycles. The van der Waals surface area contributed by atoms with Gasteiger partial charge in [-0.1, -0.05) is 36.4 Å². The van der Waals surface area contributed by atoms with Gasteiger partial charge in [-0.2, -0.15) is 0 Å². The van der Waals surface area contributed by atoms with Crippen molar-refractivity contribution in [3.8, 4) is 0 Å². The summed E-state index contributed by atoms with van der Waals surface area (Å²) in [4.78, 5) is 43.4. The first kappa shape index (κ1) is 18.6. The number of amides is 2. The highest BCUT2D eigenvalue weighted by Crippen LogP contribution is 2.36. The zero-order chi connectivity index (χ0) is 20.6. The number of hydrogen-bond acceptors (Lipinski definition) is 5. The number of esters is 1. The number of pyridine rings is 1. The molecule has 146 valence electrons. The van der Waals surface area contributed by atoms with E-state index < -0.39 is 24.0 Å². The van der Waals surface area contributed by atoms with Crippen LogP contribution in [0, 0.1) is 0 Å². The van der Waals surface area contributed by atoms with Gasteiger partial charge in [-0.25, -0.2) is 9.78 Å². The first-order chi connectivity index (χ1) is 13.9. The number of benzene rings is 2. The molecule has 1 aromatic heterocycles. The minimum absolute atomic E-state index is 0.118. The van der Waals surface area contributed by atoms with Crippen LogP contribution in [-0.2, 0) is 14.3 Å². The first-order valence-electron chi connectivity index (χ1n) is 9.14. The van der Waals surface area contributed by atoms with Gasteiger partial charge in [0, 0.05) is 5.39 Å². The molecule has 0 unspecified atom stereocenters. The molecular weight excluding hydrogens is 370 g/mol. The Balaban J connectivity index is 1.54. The molecular formula is C22H19N3O4. The Bertz CT molecular complexity index is 1140. The van der Waals surface area contributed by atoms with Gasteiger partial charge in [-0.15, -0.1) is 0 Å². The number of ether oxygens (including phenoxy) is 1. The van der Waals surface area contributed by atoms with Gasteiger partial charge in [0.2, 0.25) is 5.91 Å². The highest BCUT2D eigenvalue weighted by Gasteiger charge is 2.43. The first-order valence-corrected chi connectivity index (χ1v) is 9.14. The molecule has 1 aliphatic rings. The highest BCUT2D eigenvalue weighted by atomic mass is 16.5. The zero-order valence-corrected chi connectivity index (χ0v) is 16.0. The molecule has 3 aromatic rings. The van der Waals surface area contributed by atoms with Gasteiger partial charge in [-0.05, 0) is 38.1 Å². The van der Waals surface area contributed by atoms with Gasteiger partial charge in [-0.3, -0.25) is 14.5 Å². The molecule has 7 heteroatoms. The molecule has 0 spiro atoms. The number of anilines is 2. The minimum Gasteiger partial charge on any atom is -0.451 e. The summed E-state index contributed by atoms with van der Waals surface area (Å²) in [5, 5.41) is 3.69. The van der Waals surface area contributed by atoms with Crippen molar-refractivity contribution in [2.45, 2.75) is 19.4 Å². The van der Waals surface area contributed by atoms with Gasteiger partial charge in [0.25, 0.3) is 5.91 Å². The lowest BCUT2D eigenvalue weighted by Crippen LogP contribution is -2.59. The Hall–Kier alpha value is -3.74. The number of nitrogens with zero attached hydrogens (tertiary/aromatic N) is 2. The number of carbonyl (C=O) groups excluding carboxylic acids is 3. The van der Waals surface area contributed by atoms with Crippen molar-refractivity contribution >= 4 is 40.1 Å². The van der Waals surface area contributed by atoms with Crippen LogP contribution in [-0.4, -0.2) is 34.9 Å². The van der Waals surface area contributed by atoms with E-state index >= 15 is 0 Å². The fraction of sp³-hybridized carbons (Fsp3) is 0.182. The normalized spacial score (nSPS) is 14.8. The zero-order valence-electron chi connectivity index (χ0n) is 16.0. The van der Waals surface area contributed by atoms with E-state index in [1.165, 1.54) is 4.90 Å². The predicted molar refractivity (Wildman–Crippen MR) is 109 cm³/mol. The van der Waals surface area contributed by atoms with Gasteiger partial charge in [0.05, 0.1) is 16.9 Å². The molecule has 0 atom stereocenters. The summed E-state index contributed by atoms with van der Waals surface area (Å²) in [6.45, 7) is 2.78. The van der Waals surface area contributed by atoms with Crippen LogP contribution >= 0.6 is 0 Å². The standard InChI is InChI=1S/C22H19N3O4/c1-22(2)21(28)24-16-9-5-6-10-18(16)25(22)19(26)13-29-20(27)17-12-11-14-7-3-4-8-15(14)23-17/h3-12H,13H2,1-2H3,(H,24,28). The summed E-state index contributed by atoms with van der Waals surface area (Å²) in [6, 6.07) is 17.7. The van der Waals surface area contributed by atoms with E-state index in [9.17, 15) is 14.4 Å². The second-order valence-electron chi connectivity index (χ2n) is 7.22.